The number of hydrogen-bond donors (Lipinski definition) is 0. The maximum absolute atomic E-state index is 10.8. The van der Waals surface area contributed by atoms with Gasteiger partial charge in [0.1, 0.15) is 6.29 Å². The highest BCUT2D eigenvalue weighted by Crippen LogP contribution is 2.22. The Balaban J connectivity index is 2.87. The molecule has 14 heavy (non-hydrogen) atoms. The molecule has 1 nitrogen and oxygen atoms in total. The van der Waals surface area contributed by atoms with Crippen LogP contribution in [-0.2, 0) is 6.42 Å². The normalized spacial score (nSPS) is 10.6. The predicted octanol–water partition coefficient (Wildman–Crippen LogP) is 3.85. The van der Waals surface area contributed by atoms with E-state index < -0.39 is 0 Å². The fourth-order valence-corrected chi connectivity index (χ4v) is 1.96. The Bertz CT molecular complexity index is 318. The molecule has 0 spiro atoms. The van der Waals surface area contributed by atoms with Crippen molar-refractivity contribution < 1.29 is 4.79 Å². The van der Waals surface area contributed by atoms with Gasteiger partial charge in [0.25, 0.3) is 0 Å². The first-order valence-electron chi connectivity index (χ1n) is 4.87. The van der Waals surface area contributed by atoms with E-state index in [-0.39, 0.29) is 0 Å². The van der Waals surface area contributed by atoms with Gasteiger partial charge in [-0.2, -0.15) is 0 Å². The van der Waals surface area contributed by atoms with E-state index >= 15 is 0 Å². The SMILES string of the molecule is CC(C)CCc1c(Br)cccc1C=O. The molecule has 0 N–H and O–H groups in total. The maximum Gasteiger partial charge on any atom is 0.150 e. The summed E-state index contributed by atoms with van der Waals surface area (Å²) in [6, 6.07) is 5.75. The molecular formula is C12H15BrO. The Kier molecular flexibility index (Phi) is 4.33. The molecule has 0 atom stereocenters. The van der Waals surface area contributed by atoms with Crippen LogP contribution in [-0.4, -0.2) is 6.29 Å². The highest BCUT2D eigenvalue weighted by molar-refractivity contribution is 9.10. The average Bonchev–Trinajstić information content (AvgIpc) is 2.15. The number of halogens is 1. The summed E-state index contributed by atoms with van der Waals surface area (Å²) in [5, 5.41) is 0. The molecule has 0 fully saturated rings. The van der Waals surface area contributed by atoms with Gasteiger partial charge >= 0.3 is 0 Å². The van der Waals surface area contributed by atoms with Crippen molar-refractivity contribution >= 4 is 22.2 Å². The summed E-state index contributed by atoms with van der Waals surface area (Å²) in [5.74, 6) is 0.668. The molecule has 0 aliphatic rings. The summed E-state index contributed by atoms with van der Waals surface area (Å²) in [5.41, 5.74) is 1.94. The van der Waals surface area contributed by atoms with Crippen LogP contribution in [0.4, 0.5) is 0 Å². The highest BCUT2D eigenvalue weighted by Gasteiger charge is 2.06. The fraction of sp³-hybridized carbons (Fsp3) is 0.417. The minimum atomic E-state index is 0.668. The largest absolute Gasteiger partial charge is 0.298 e. The number of carbonyl (C=O) groups excluding carboxylic acids is 1. The van der Waals surface area contributed by atoms with E-state index in [9.17, 15) is 4.79 Å². The van der Waals surface area contributed by atoms with Gasteiger partial charge < -0.3 is 0 Å². The lowest BCUT2D eigenvalue weighted by atomic mass is 9.99. The van der Waals surface area contributed by atoms with Gasteiger partial charge in [-0.1, -0.05) is 41.9 Å². The molecule has 0 heterocycles. The first-order valence-corrected chi connectivity index (χ1v) is 5.67. The molecule has 0 radical (unpaired) electrons. The van der Waals surface area contributed by atoms with Crippen LogP contribution in [0.1, 0.15) is 36.2 Å². The summed E-state index contributed by atoms with van der Waals surface area (Å²) in [7, 11) is 0. The van der Waals surface area contributed by atoms with Crippen LogP contribution < -0.4 is 0 Å². The molecule has 0 aliphatic carbocycles. The fourth-order valence-electron chi connectivity index (χ4n) is 1.38. The third-order valence-corrected chi connectivity index (χ3v) is 3.00. The second-order valence-corrected chi connectivity index (χ2v) is 4.71. The smallest absolute Gasteiger partial charge is 0.150 e. The van der Waals surface area contributed by atoms with Gasteiger partial charge in [0.05, 0.1) is 0 Å². The van der Waals surface area contributed by atoms with E-state index in [1.54, 1.807) is 0 Å². The van der Waals surface area contributed by atoms with Crippen LogP contribution in [0.2, 0.25) is 0 Å². The Labute approximate surface area is 93.7 Å². The zero-order chi connectivity index (χ0) is 10.6. The van der Waals surface area contributed by atoms with Crippen molar-refractivity contribution in [3.8, 4) is 0 Å². The van der Waals surface area contributed by atoms with E-state index in [1.165, 1.54) is 0 Å². The molecule has 0 amide bonds. The van der Waals surface area contributed by atoms with Crippen LogP contribution in [0.5, 0.6) is 0 Å². The lowest BCUT2D eigenvalue weighted by Crippen LogP contribution is -1.97. The molecular weight excluding hydrogens is 240 g/mol. The quantitative estimate of drug-likeness (QED) is 0.747. The van der Waals surface area contributed by atoms with Crippen molar-refractivity contribution in [2.45, 2.75) is 26.7 Å². The van der Waals surface area contributed by atoms with Crippen LogP contribution in [0.25, 0.3) is 0 Å². The van der Waals surface area contributed by atoms with Crippen LogP contribution in [0.15, 0.2) is 22.7 Å². The lowest BCUT2D eigenvalue weighted by molar-refractivity contribution is 0.112. The number of benzene rings is 1. The molecule has 0 saturated carbocycles. The minimum Gasteiger partial charge on any atom is -0.298 e. The van der Waals surface area contributed by atoms with Crippen LogP contribution in [0.3, 0.4) is 0 Å². The third-order valence-electron chi connectivity index (χ3n) is 2.25. The second-order valence-electron chi connectivity index (χ2n) is 3.86. The molecule has 1 rings (SSSR count). The predicted molar refractivity (Wildman–Crippen MR) is 62.7 cm³/mol. The first-order chi connectivity index (χ1) is 6.65. The Morgan fingerprint density at radius 2 is 2.14 bits per heavy atom. The summed E-state index contributed by atoms with van der Waals surface area (Å²) < 4.78 is 1.04. The molecule has 2 heteroatoms. The van der Waals surface area contributed by atoms with Gasteiger partial charge in [0.2, 0.25) is 0 Å². The van der Waals surface area contributed by atoms with Gasteiger partial charge in [-0.3, -0.25) is 4.79 Å². The summed E-state index contributed by atoms with van der Waals surface area (Å²) in [6.45, 7) is 4.38. The highest BCUT2D eigenvalue weighted by atomic mass is 79.9. The Morgan fingerprint density at radius 3 is 2.71 bits per heavy atom. The maximum atomic E-state index is 10.8. The molecule has 0 unspecified atom stereocenters. The summed E-state index contributed by atoms with van der Waals surface area (Å²) in [4.78, 5) is 10.8. The Hall–Kier alpha value is -0.630. The minimum absolute atomic E-state index is 0.668. The lowest BCUT2D eigenvalue weighted by Gasteiger charge is -2.09. The first kappa shape index (κ1) is 11.4. The summed E-state index contributed by atoms with van der Waals surface area (Å²) >= 11 is 3.48. The molecule has 0 aliphatic heterocycles. The molecule has 1 aromatic carbocycles. The van der Waals surface area contributed by atoms with Gasteiger partial charge in [0.15, 0.2) is 0 Å². The Morgan fingerprint density at radius 1 is 1.43 bits per heavy atom. The van der Waals surface area contributed by atoms with E-state index in [0.717, 1.165) is 34.7 Å². The average molecular weight is 255 g/mol. The monoisotopic (exact) mass is 254 g/mol. The third kappa shape index (κ3) is 2.95. The van der Waals surface area contributed by atoms with Gasteiger partial charge in [-0.25, -0.2) is 0 Å². The van der Waals surface area contributed by atoms with E-state index in [1.807, 2.05) is 18.2 Å². The summed E-state index contributed by atoms with van der Waals surface area (Å²) in [6.07, 6.45) is 3.01. The van der Waals surface area contributed by atoms with Crippen molar-refractivity contribution in [3.63, 3.8) is 0 Å². The topological polar surface area (TPSA) is 17.1 Å². The van der Waals surface area contributed by atoms with Crippen molar-refractivity contribution in [1.82, 2.24) is 0 Å². The molecule has 0 bridgehead atoms. The number of rotatable bonds is 4. The zero-order valence-electron chi connectivity index (χ0n) is 8.59. The molecule has 76 valence electrons. The van der Waals surface area contributed by atoms with E-state index in [2.05, 4.69) is 29.8 Å². The van der Waals surface area contributed by atoms with Crippen molar-refractivity contribution in [3.05, 3.63) is 33.8 Å². The van der Waals surface area contributed by atoms with Gasteiger partial charge in [-0.15, -0.1) is 0 Å². The van der Waals surface area contributed by atoms with Crippen LogP contribution in [0, 0.1) is 5.92 Å². The number of carbonyl (C=O) groups is 1. The van der Waals surface area contributed by atoms with Crippen molar-refractivity contribution in [2.75, 3.05) is 0 Å². The van der Waals surface area contributed by atoms with Gasteiger partial charge in [0, 0.05) is 10.0 Å². The number of aldehydes is 1. The molecule has 1 aromatic rings. The van der Waals surface area contributed by atoms with E-state index in [4.69, 9.17) is 0 Å². The van der Waals surface area contributed by atoms with Crippen molar-refractivity contribution in [1.29, 1.82) is 0 Å². The van der Waals surface area contributed by atoms with Gasteiger partial charge in [-0.05, 0) is 30.4 Å². The van der Waals surface area contributed by atoms with Crippen LogP contribution >= 0.6 is 15.9 Å². The number of hydrogen-bond acceptors (Lipinski definition) is 1. The van der Waals surface area contributed by atoms with Crippen molar-refractivity contribution in [2.24, 2.45) is 5.92 Å². The molecule has 0 saturated heterocycles. The van der Waals surface area contributed by atoms with E-state index in [0.29, 0.717) is 5.92 Å². The molecule has 0 aromatic heterocycles. The standard InChI is InChI=1S/C12H15BrO/c1-9(2)6-7-11-10(8-14)4-3-5-12(11)13/h3-5,8-9H,6-7H2,1-2H3. The zero-order valence-corrected chi connectivity index (χ0v) is 10.2. The second kappa shape index (κ2) is 5.30.